The maximum Gasteiger partial charge on any atom is 0.254 e. The molecule has 126 valence electrons. The Bertz CT molecular complexity index is 761. The van der Waals surface area contributed by atoms with Crippen molar-refractivity contribution in [3.8, 4) is 0 Å². The molecule has 5 heteroatoms. The van der Waals surface area contributed by atoms with Crippen molar-refractivity contribution in [2.75, 3.05) is 11.9 Å². The molecule has 2 aliphatic rings. The summed E-state index contributed by atoms with van der Waals surface area (Å²) >= 11 is 0. The van der Waals surface area contributed by atoms with E-state index in [1.54, 1.807) is 6.07 Å². The first-order valence-electron chi connectivity index (χ1n) is 8.13. The summed E-state index contributed by atoms with van der Waals surface area (Å²) in [6.07, 6.45) is 3.03. The van der Waals surface area contributed by atoms with Crippen molar-refractivity contribution in [1.29, 1.82) is 0 Å². The largest absolute Gasteiger partial charge is 0.384 e. The van der Waals surface area contributed by atoms with Crippen LogP contribution in [0.3, 0.4) is 0 Å². The standard InChI is InChI=1S/C19H19FN2O.ClH/c20-16-3-1-2-13(10-16)12-22(17-5-6-17)19(23)15-4-7-18-14(11-15)8-9-21-18;/h1-4,7,10-11,17,21H,5-6,8-9,12H2;1H. The Labute approximate surface area is 147 Å². The number of nitrogens with zero attached hydrogens (tertiary/aromatic N) is 1. The molecule has 0 bridgehead atoms. The minimum absolute atomic E-state index is 0. The van der Waals surface area contributed by atoms with Crippen molar-refractivity contribution < 1.29 is 9.18 Å². The SMILES string of the molecule is Cl.O=C(c1ccc2c(c1)CCN2)N(Cc1cccc(F)c1)C1CC1. The van der Waals surface area contributed by atoms with Gasteiger partial charge in [0.1, 0.15) is 5.82 Å². The summed E-state index contributed by atoms with van der Waals surface area (Å²) in [6.45, 7) is 1.40. The Morgan fingerprint density at radius 1 is 1.21 bits per heavy atom. The quantitative estimate of drug-likeness (QED) is 0.906. The average Bonchev–Trinajstić information content (AvgIpc) is 3.28. The first-order chi connectivity index (χ1) is 11.2. The summed E-state index contributed by atoms with van der Waals surface area (Å²) in [5.74, 6) is -0.208. The summed E-state index contributed by atoms with van der Waals surface area (Å²) in [5.41, 5.74) is 3.91. The van der Waals surface area contributed by atoms with Gasteiger partial charge in [-0.05, 0) is 60.7 Å². The number of hydrogen-bond acceptors (Lipinski definition) is 2. The lowest BCUT2D eigenvalue weighted by Crippen LogP contribution is -2.32. The van der Waals surface area contributed by atoms with Crippen LogP contribution in [0.25, 0.3) is 0 Å². The van der Waals surface area contributed by atoms with Gasteiger partial charge in [-0.2, -0.15) is 0 Å². The molecule has 0 unspecified atom stereocenters. The predicted octanol–water partition coefficient (Wildman–Crippen LogP) is 4.02. The Kier molecular flexibility index (Phi) is 4.76. The minimum atomic E-state index is -0.255. The third-order valence-corrected chi connectivity index (χ3v) is 4.55. The van der Waals surface area contributed by atoms with E-state index in [4.69, 9.17) is 0 Å². The number of rotatable bonds is 4. The predicted molar refractivity (Wildman–Crippen MR) is 95.2 cm³/mol. The van der Waals surface area contributed by atoms with E-state index in [-0.39, 0.29) is 30.2 Å². The topological polar surface area (TPSA) is 32.3 Å². The van der Waals surface area contributed by atoms with Crippen LogP contribution < -0.4 is 5.32 Å². The number of halogens is 2. The number of amides is 1. The van der Waals surface area contributed by atoms with Crippen LogP contribution >= 0.6 is 12.4 Å². The summed E-state index contributed by atoms with van der Waals surface area (Å²) in [6, 6.07) is 12.7. The number of hydrogen-bond donors (Lipinski definition) is 1. The second-order valence-corrected chi connectivity index (χ2v) is 6.34. The zero-order valence-corrected chi connectivity index (χ0v) is 14.1. The van der Waals surface area contributed by atoms with Crippen LogP contribution in [-0.2, 0) is 13.0 Å². The van der Waals surface area contributed by atoms with E-state index >= 15 is 0 Å². The maximum atomic E-state index is 13.4. The molecule has 1 fully saturated rings. The molecule has 0 saturated heterocycles. The van der Waals surface area contributed by atoms with E-state index in [1.807, 2.05) is 29.2 Å². The molecular formula is C19H20ClFN2O. The highest BCUT2D eigenvalue weighted by Gasteiger charge is 2.33. The lowest BCUT2D eigenvalue weighted by molar-refractivity contribution is 0.0729. The van der Waals surface area contributed by atoms with Crippen molar-refractivity contribution in [1.82, 2.24) is 4.90 Å². The van der Waals surface area contributed by atoms with Gasteiger partial charge in [-0.3, -0.25) is 4.79 Å². The van der Waals surface area contributed by atoms with Gasteiger partial charge in [-0.15, -0.1) is 12.4 Å². The number of carbonyl (C=O) groups excluding carboxylic acids is 1. The van der Waals surface area contributed by atoms with E-state index in [9.17, 15) is 9.18 Å². The number of fused-ring (bicyclic) bond motifs is 1. The number of nitrogens with one attached hydrogen (secondary N) is 1. The van der Waals surface area contributed by atoms with Crippen LogP contribution in [0.5, 0.6) is 0 Å². The highest BCUT2D eigenvalue weighted by Crippen LogP contribution is 2.31. The number of anilines is 1. The lowest BCUT2D eigenvalue weighted by Gasteiger charge is -2.23. The molecular weight excluding hydrogens is 327 g/mol. The van der Waals surface area contributed by atoms with E-state index in [0.29, 0.717) is 6.54 Å². The van der Waals surface area contributed by atoms with Gasteiger partial charge in [-0.1, -0.05) is 12.1 Å². The van der Waals surface area contributed by atoms with Crippen molar-refractivity contribution in [2.45, 2.75) is 31.8 Å². The molecule has 3 nitrogen and oxygen atoms in total. The lowest BCUT2D eigenvalue weighted by atomic mass is 10.1. The van der Waals surface area contributed by atoms with Crippen molar-refractivity contribution in [2.24, 2.45) is 0 Å². The number of carbonyl (C=O) groups is 1. The molecule has 1 heterocycles. The van der Waals surface area contributed by atoms with Gasteiger partial charge in [0.2, 0.25) is 0 Å². The van der Waals surface area contributed by atoms with Crippen molar-refractivity contribution in [3.63, 3.8) is 0 Å². The van der Waals surface area contributed by atoms with Crippen LogP contribution in [0.15, 0.2) is 42.5 Å². The summed E-state index contributed by atoms with van der Waals surface area (Å²) in [4.78, 5) is 14.8. The van der Waals surface area contributed by atoms with E-state index in [1.165, 1.54) is 17.7 Å². The summed E-state index contributed by atoms with van der Waals surface area (Å²) < 4.78 is 13.4. The molecule has 0 radical (unpaired) electrons. The molecule has 1 amide bonds. The van der Waals surface area contributed by atoms with Crippen molar-refractivity contribution in [3.05, 3.63) is 65.0 Å². The molecule has 1 saturated carbocycles. The van der Waals surface area contributed by atoms with Crippen LogP contribution in [-0.4, -0.2) is 23.4 Å². The molecule has 0 atom stereocenters. The molecule has 1 aliphatic carbocycles. The fourth-order valence-electron chi connectivity index (χ4n) is 3.19. The van der Waals surface area contributed by atoms with Crippen LogP contribution in [0.2, 0.25) is 0 Å². The van der Waals surface area contributed by atoms with Gasteiger partial charge in [0.15, 0.2) is 0 Å². The molecule has 2 aromatic carbocycles. The molecule has 2 aromatic rings. The first-order valence-corrected chi connectivity index (χ1v) is 8.13. The Morgan fingerprint density at radius 2 is 2.04 bits per heavy atom. The highest BCUT2D eigenvalue weighted by atomic mass is 35.5. The third kappa shape index (κ3) is 3.39. The molecule has 1 aliphatic heterocycles. The Hall–Kier alpha value is -2.07. The van der Waals surface area contributed by atoms with Crippen molar-refractivity contribution >= 4 is 24.0 Å². The van der Waals surface area contributed by atoms with Gasteiger partial charge < -0.3 is 10.2 Å². The zero-order valence-electron chi connectivity index (χ0n) is 13.3. The Balaban J connectivity index is 0.00000169. The smallest absolute Gasteiger partial charge is 0.254 e. The molecule has 0 aromatic heterocycles. The van der Waals surface area contributed by atoms with Gasteiger partial charge in [-0.25, -0.2) is 4.39 Å². The van der Waals surface area contributed by atoms with Crippen LogP contribution in [0, 0.1) is 5.82 Å². The normalized spacial score (nSPS) is 15.2. The second kappa shape index (κ2) is 6.81. The minimum Gasteiger partial charge on any atom is -0.384 e. The highest BCUT2D eigenvalue weighted by molar-refractivity contribution is 5.95. The summed E-state index contributed by atoms with van der Waals surface area (Å²) in [7, 11) is 0. The molecule has 0 spiro atoms. The van der Waals surface area contributed by atoms with Crippen LogP contribution in [0.4, 0.5) is 10.1 Å². The molecule has 24 heavy (non-hydrogen) atoms. The summed E-state index contributed by atoms with van der Waals surface area (Å²) in [5, 5.41) is 3.31. The van der Waals surface area contributed by atoms with E-state index in [0.717, 1.165) is 42.6 Å². The molecule has 4 rings (SSSR count). The average molecular weight is 347 g/mol. The fourth-order valence-corrected chi connectivity index (χ4v) is 3.19. The van der Waals surface area contributed by atoms with Gasteiger partial charge in [0.05, 0.1) is 0 Å². The van der Waals surface area contributed by atoms with Crippen LogP contribution in [0.1, 0.15) is 34.3 Å². The van der Waals surface area contributed by atoms with Gasteiger partial charge in [0, 0.05) is 30.4 Å². The number of benzene rings is 2. The molecule has 1 N–H and O–H groups in total. The van der Waals surface area contributed by atoms with E-state index < -0.39 is 0 Å². The zero-order chi connectivity index (χ0) is 15.8. The van der Waals surface area contributed by atoms with Gasteiger partial charge in [0.25, 0.3) is 5.91 Å². The second-order valence-electron chi connectivity index (χ2n) is 6.34. The Morgan fingerprint density at radius 3 is 2.79 bits per heavy atom. The monoisotopic (exact) mass is 346 g/mol. The van der Waals surface area contributed by atoms with Gasteiger partial charge >= 0.3 is 0 Å². The maximum absolute atomic E-state index is 13.4. The first kappa shape index (κ1) is 16.8. The van der Waals surface area contributed by atoms with E-state index in [2.05, 4.69) is 5.32 Å². The third-order valence-electron chi connectivity index (χ3n) is 4.55. The fraction of sp³-hybridized carbons (Fsp3) is 0.316.